The first kappa shape index (κ1) is 31.8. The monoisotopic (exact) mass is 637 g/mol. The SMILES string of the molecule is Cc1ccc(-n2nc(C(C)(C)C)cc2NC(=O)Nc2ccc(CC3CC4CCC(C3)N4S(=O)(=O)C=Cc3ccccc3)cc2)cc1. The fraction of sp³-hybridized carbons (Fsp3) is 0.351. The number of nitrogens with zero attached hydrogens (tertiary/aromatic N) is 3. The van der Waals surface area contributed by atoms with Crippen molar-refractivity contribution >= 4 is 33.6 Å². The maximum atomic E-state index is 13.3. The maximum absolute atomic E-state index is 13.3. The molecule has 3 heterocycles. The van der Waals surface area contributed by atoms with Gasteiger partial charge in [-0.05, 0) is 86.4 Å². The summed E-state index contributed by atoms with van der Waals surface area (Å²) in [5, 5.41) is 12.1. The van der Waals surface area contributed by atoms with Gasteiger partial charge >= 0.3 is 6.03 Å². The molecule has 0 spiro atoms. The van der Waals surface area contributed by atoms with Crippen molar-refractivity contribution in [2.24, 2.45) is 5.92 Å². The van der Waals surface area contributed by atoms with Crippen molar-refractivity contribution in [3.05, 3.63) is 113 Å². The molecule has 2 saturated heterocycles. The number of nitrogens with one attached hydrogen (secondary N) is 2. The molecule has 2 fully saturated rings. The van der Waals surface area contributed by atoms with Gasteiger partial charge in [-0.2, -0.15) is 9.40 Å². The van der Waals surface area contributed by atoms with E-state index < -0.39 is 10.0 Å². The predicted molar refractivity (Wildman–Crippen MR) is 186 cm³/mol. The Morgan fingerprint density at radius 2 is 1.57 bits per heavy atom. The van der Waals surface area contributed by atoms with Gasteiger partial charge in [0.2, 0.25) is 10.0 Å². The number of sulfonamides is 1. The number of fused-ring (bicyclic) bond motifs is 2. The van der Waals surface area contributed by atoms with Crippen LogP contribution in [0.4, 0.5) is 16.3 Å². The van der Waals surface area contributed by atoms with Crippen molar-refractivity contribution in [1.82, 2.24) is 14.1 Å². The van der Waals surface area contributed by atoms with Gasteiger partial charge in [0.1, 0.15) is 5.82 Å². The second kappa shape index (κ2) is 12.9. The number of carbonyl (C=O) groups excluding carboxylic acids is 1. The molecule has 240 valence electrons. The van der Waals surface area contributed by atoms with Crippen LogP contribution < -0.4 is 10.6 Å². The molecule has 0 radical (unpaired) electrons. The molecule has 2 unspecified atom stereocenters. The van der Waals surface area contributed by atoms with Gasteiger partial charge in [-0.15, -0.1) is 0 Å². The molecule has 4 aromatic rings. The number of piperidine rings is 1. The van der Waals surface area contributed by atoms with Crippen LogP contribution in [-0.2, 0) is 21.9 Å². The highest BCUT2D eigenvalue weighted by atomic mass is 32.2. The molecule has 1 aromatic heterocycles. The van der Waals surface area contributed by atoms with Crippen molar-refractivity contribution in [1.29, 1.82) is 0 Å². The molecular weight excluding hydrogens is 595 g/mol. The zero-order chi connectivity index (χ0) is 32.5. The van der Waals surface area contributed by atoms with E-state index in [0.29, 0.717) is 17.4 Å². The van der Waals surface area contributed by atoms with Gasteiger partial charge in [0.25, 0.3) is 0 Å². The lowest BCUT2D eigenvalue weighted by atomic mass is 9.87. The van der Waals surface area contributed by atoms with Gasteiger partial charge in [0.05, 0.1) is 11.4 Å². The molecule has 2 atom stereocenters. The highest BCUT2D eigenvalue weighted by Crippen LogP contribution is 2.42. The molecule has 2 N–H and O–H groups in total. The molecule has 2 bridgehead atoms. The van der Waals surface area contributed by atoms with Crippen molar-refractivity contribution in [3.8, 4) is 5.69 Å². The molecule has 2 aliphatic rings. The second-order valence-corrected chi connectivity index (χ2v) is 15.4. The van der Waals surface area contributed by atoms with Crippen LogP contribution in [0.5, 0.6) is 0 Å². The van der Waals surface area contributed by atoms with Crippen LogP contribution in [0.3, 0.4) is 0 Å². The first-order chi connectivity index (χ1) is 21.9. The molecule has 46 heavy (non-hydrogen) atoms. The molecule has 2 amide bonds. The molecule has 3 aromatic carbocycles. The molecular formula is C37H43N5O3S. The molecule has 2 aliphatic heterocycles. The summed E-state index contributed by atoms with van der Waals surface area (Å²) < 4.78 is 30.1. The Balaban J connectivity index is 1.06. The van der Waals surface area contributed by atoms with Gasteiger partial charge in [0.15, 0.2) is 0 Å². The van der Waals surface area contributed by atoms with E-state index in [2.05, 4.69) is 43.5 Å². The van der Waals surface area contributed by atoms with E-state index in [9.17, 15) is 13.2 Å². The lowest BCUT2D eigenvalue weighted by Crippen LogP contribution is -2.46. The van der Waals surface area contributed by atoms with E-state index in [1.54, 1.807) is 15.1 Å². The van der Waals surface area contributed by atoms with Crippen molar-refractivity contribution < 1.29 is 13.2 Å². The van der Waals surface area contributed by atoms with Crippen LogP contribution in [-0.4, -0.2) is 40.6 Å². The lowest BCUT2D eigenvalue weighted by molar-refractivity contribution is 0.192. The van der Waals surface area contributed by atoms with Crippen LogP contribution in [0.25, 0.3) is 11.8 Å². The van der Waals surface area contributed by atoms with Crippen LogP contribution in [0.2, 0.25) is 0 Å². The Morgan fingerprint density at radius 3 is 2.20 bits per heavy atom. The minimum absolute atomic E-state index is 0.0472. The van der Waals surface area contributed by atoms with Crippen LogP contribution in [0.15, 0.2) is 90.3 Å². The maximum Gasteiger partial charge on any atom is 0.324 e. The van der Waals surface area contributed by atoms with E-state index in [4.69, 9.17) is 5.10 Å². The number of benzene rings is 3. The van der Waals surface area contributed by atoms with Gasteiger partial charge in [-0.25, -0.2) is 17.9 Å². The fourth-order valence-corrected chi connectivity index (χ4v) is 8.37. The van der Waals surface area contributed by atoms with Gasteiger partial charge in [-0.3, -0.25) is 5.32 Å². The van der Waals surface area contributed by atoms with Crippen LogP contribution >= 0.6 is 0 Å². The number of carbonyl (C=O) groups is 1. The third-order valence-electron chi connectivity index (χ3n) is 9.02. The number of rotatable bonds is 8. The van der Waals surface area contributed by atoms with Crippen LogP contribution in [0.1, 0.15) is 68.8 Å². The number of aryl methyl sites for hydroxylation is 1. The molecule has 8 nitrogen and oxygen atoms in total. The van der Waals surface area contributed by atoms with Crippen LogP contribution in [0, 0.1) is 12.8 Å². The Hall–Kier alpha value is -4.21. The first-order valence-electron chi connectivity index (χ1n) is 16.1. The first-order valence-corrected chi connectivity index (χ1v) is 17.6. The Labute approximate surface area is 272 Å². The standard InChI is InChI=1S/C37H43N5O3S/c1-26-10-16-31(17-11-26)41-35(25-34(40-41)37(2,3)4)39-36(43)38-30-14-12-28(13-15-30)22-29-23-32-18-19-33(24-29)42(32)46(44,45)21-20-27-8-6-5-7-9-27/h5-17,20-21,25,29,32-33H,18-19,22-24H2,1-4H3,(H2,38,39,43). The summed E-state index contributed by atoms with van der Waals surface area (Å²) in [7, 11) is -3.48. The summed E-state index contributed by atoms with van der Waals surface area (Å²) in [4.78, 5) is 13.1. The van der Waals surface area contributed by atoms with Crippen molar-refractivity contribution in [3.63, 3.8) is 0 Å². The largest absolute Gasteiger partial charge is 0.324 e. The fourth-order valence-electron chi connectivity index (χ4n) is 6.68. The molecule has 6 rings (SSSR count). The molecule has 0 aliphatic carbocycles. The Bertz CT molecular complexity index is 1790. The zero-order valence-corrected chi connectivity index (χ0v) is 27.8. The topological polar surface area (TPSA) is 96.3 Å². The number of hydrogen-bond donors (Lipinski definition) is 2. The lowest BCUT2D eigenvalue weighted by Gasteiger charge is -2.37. The molecule has 0 saturated carbocycles. The average molecular weight is 638 g/mol. The van der Waals surface area contributed by atoms with E-state index in [0.717, 1.165) is 54.6 Å². The van der Waals surface area contributed by atoms with E-state index in [1.807, 2.05) is 79.7 Å². The van der Waals surface area contributed by atoms with Gasteiger partial charge < -0.3 is 5.32 Å². The number of hydrogen-bond acceptors (Lipinski definition) is 4. The normalized spacial score (nSPS) is 20.2. The highest BCUT2D eigenvalue weighted by molar-refractivity contribution is 7.92. The smallest absolute Gasteiger partial charge is 0.308 e. The summed E-state index contributed by atoms with van der Waals surface area (Å²) >= 11 is 0. The summed E-state index contributed by atoms with van der Waals surface area (Å²) in [6, 6.07) is 27.2. The minimum atomic E-state index is -3.48. The quantitative estimate of drug-likeness (QED) is 0.205. The summed E-state index contributed by atoms with van der Waals surface area (Å²) in [5.41, 5.74) is 5.50. The predicted octanol–water partition coefficient (Wildman–Crippen LogP) is 7.91. The number of amides is 2. The second-order valence-electron chi connectivity index (χ2n) is 13.7. The van der Waals surface area contributed by atoms with E-state index in [-0.39, 0.29) is 23.5 Å². The minimum Gasteiger partial charge on any atom is -0.308 e. The number of aromatic nitrogens is 2. The molecule has 9 heteroatoms. The third-order valence-corrected chi connectivity index (χ3v) is 10.7. The Morgan fingerprint density at radius 1 is 0.913 bits per heavy atom. The Kier molecular flexibility index (Phi) is 8.90. The summed E-state index contributed by atoms with van der Waals surface area (Å²) in [6.45, 7) is 8.33. The highest BCUT2D eigenvalue weighted by Gasteiger charge is 2.45. The van der Waals surface area contributed by atoms with Gasteiger partial charge in [0, 0.05) is 34.7 Å². The van der Waals surface area contributed by atoms with Crippen molar-refractivity contribution in [2.45, 2.75) is 77.3 Å². The zero-order valence-electron chi connectivity index (χ0n) is 27.0. The van der Waals surface area contributed by atoms with Crippen molar-refractivity contribution in [2.75, 3.05) is 10.6 Å². The third kappa shape index (κ3) is 7.26. The number of anilines is 2. The van der Waals surface area contributed by atoms with E-state index >= 15 is 0 Å². The van der Waals surface area contributed by atoms with Gasteiger partial charge in [-0.1, -0.05) is 80.9 Å². The summed E-state index contributed by atoms with van der Waals surface area (Å²) in [5.74, 6) is 1.02. The van der Waals surface area contributed by atoms with E-state index in [1.165, 1.54) is 11.0 Å². The average Bonchev–Trinajstić information content (AvgIpc) is 3.57. The summed E-state index contributed by atoms with van der Waals surface area (Å²) in [6.07, 6.45) is 6.14. The number of urea groups is 1.